The Morgan fingerprint density at radius 3 is 2.32 bits per heavy atom. The summed E-state index contributed by atoms with van der Waals surface area (Å²) in [5, 5.41) is 0. The van der Waals surface area contributed by atoms with Crippen LogP contribution in [0.5, 0.6) is 11.5 Å². The predicted octanol–water partition coefficient (Wildman–Crippen LogP) is 3.56. The van der Waals surface area contributed by atoms with Gasteiger partial charge in [-0.3, -0.25) is 0 Å². The van der Waals surface area contributed by atoms with Crippen molar-refractivity contribution in [2.45, 2.75) is 18.4 Å². The molecule has 3 heteroatoms. The molecule has 1 heterocycles. The van der Waals surface area contributed by atoms with Gasteiger partial charge in [-0.2, -0.15) is 0 Å². The first-order valence-electron chi connectivity index (χ1n) is 7.80. The van der Waals surface area contributed by atoms with Gasteiger partial charge in [-0.25, -0.2) is 0 Å². The number of hydrogen-bond donors (Lipinski definition) is 0. The molecule has 1 aliphatic rings. The Labute approximate surface area is 132 Å². The zero-order valence-corrected chi connectivity index (χ0v) is 13.2. The van der Waals surface area contributed by atoms with Crippen LogP contribution in [0.4, 0.5) is 0 Å². The molecule has 0 bridgehead atoms. The second-order valence-electron chi connectivity index (χ2n) is 5.90. The van der Waals surface area contributed by atoms with E-state index in [0.29, 0.717) is 5.92 Å². The third kappa shape index (κ3) is 3.42. The SMILES string of the molecule is COc1ccc(O[C@H]2CCN(C)C[C@@H]2c2ccccc2)cc1. The van der Waals surface area contributed by atoms with Crippen LogP contribution in [0.3, 0.4) is 0 Å². The first kappa shape index (κ1) is 14.9. The summed E-state index contributed by atoms with van der Waals surface area (Å²) in [6, 6.07) is 18.5. The summed E-state index contributed by atoms with van der Waals surface area (Å²) < 4.78 is 11.5. The highest BCUT2D eigenvalue weighted by Gasteiger charge is 2.30. The molecular formula is C19H23NO2. The van der Waals surface area contributed by atoms with Gasteiger partial charge < -0.3 is 14.4 Å². The van der Waals surface area contributed by atoms with E-state index in [-0.39, 0.29) is 6.10 Å². The number of rotatable bonds is 4. The van der Waals surface area contributed by atoms with Crippen LogP contribution in [0.15, 0.2) is 54.6 Å². The molecule has 116 valence electrons. The van der Waals surface area contributed by atoms with Crippen LogP contribution >= 0.6 is 0 Å². The lowest BCUT2D eigenvalue weighted by molar-refractivity contribution is 0.0901. The summed E-state index contributed by atoms with van der Waals surface area (Å²) in [7, 11) is 3.86. The lowest BCUT2D eigenvalue weighted by atomic mass is 9.88. The molecule has 3 rings (SSSR count). The van der Waals surface area contributed by atoms with Crippen molar-refractivity contribution in [3.05, 3.63) is 60.2 Å². The van der Waals surface area contributed by atoms with Crippen LogP contribution in [0.2, 0.25) is 0 Å². The predicted molar refractivity (Wildman–Crippen MR) is 88.7 cm³/mol. The Morgan fingerprint density at radius 1 is 0.955 bits per heavy atom. The highest BCUT2D eigenvalue weighted by atomic mass is 16.5. The zero-order chi connectivity index (χ0) is 15.4. The summed E-state index contributed by atoms with van der Waals surface area (Å²) >= 11 is 0. The molecule has 0 radical (unpaired) electrons. The molecule has 22 heavy (non-hydrogen) atoms. The molecule has 3 nitrogen and oxygen atoms in total. The molecular weight excluding hydrogens is 274 g/mol. The van der Waals surface area contributed by atoms with Gasteiger partial charge in [0.2, 0.25) is 0 Å². The molecule has 0 saturated carbocycles. The monoisotopic (exact) mass is 297 g/mol. The highest BCUT2D eigenvalue weighted by Crippen LogP contribution is 2.30. The van der Waals surface area contributed by atoms with Gasteiger partial charge >= 0.3 is 0 Å². The van der Waals surface area contributed by atoms with Gasteiger partial charge in [0.15, 0.2) is 0 Å². The Balaban J connectivity index is 1.77. The maximum absolute atomic E-state index is 6.29. The van der Waals surface area contributed by atoms with Crippen molar-refractivity contribution < 1.29 is 9.47 Å². The molecule has 0 unspecified atom stereocenters. The van der Waals surface area contributed by atoms with Crippen LogP contribution in [0.25, 0.3) is 0 Å². The Bertz CT molecular complexity index is 582. The Hall–Kier alpha value is -2.00. The normalized spacial score (nSPS) is 22.3. The summed E-state index contributed by atoms with van der Waals surface area (Å²) in [5.41, 5.74) is 1.35. The van der Waals surface area contributed by atoms with E-state index < -0.39 is 0 Å². The summed E-state index contributed by atoms with van der Waals surface area (Å²) in [6.45, 7) is 2.11. The molecule has 2 atom stereocenters. The maximum atomic E-state index is 6.29. The lowest BCUT2D eigenvalue weighted by Gasteiger charge is -2.37. The summed E-state index contributed by atoms with van der Waals surface area (Å²) in [5.74, 6) is 2.17. The van der Waals surface area contributed by atoms with Crippen LogP contribution in [-0.4, -0.2) is 38.3 Å². The molecule has 1 fully saturated rings. The Morgan fingerprint density at radius 2 is 1.64 bits per heavy atom. The van der Waals surface area contributed by atoms with Crippen molar-refractivity contribution in [1.82, 2.24) is 4.90 Å². The maximum Gasteiger partial charge on any atom is 0.120 e. The first-order valence-corrected chi connectivity index (χ1v) is 7.80. The quantitative estimate of drug-likeness (QED) is 0.861. The molecule has 0 amide bonds. The van der Waals surface area contributed by atoms with Gasteiger partial charge in [0.25, 0.3) is 0 Å². The van der Waals surface area contributed by atoms with E-state index in [1.165, 1.54) is 5.56 Å². The van der Waals surface area contributed by atoms with Crippen molar-refractivity contribution in [3.8, 4) is 11.5 Å². The summed E-state index contributed by atoms with van der Waals surface area (Å²) in [4.78, 5) is 2.38. The number of nitrogens with zero attached hydrogens (tertiary/aromatic N) is 1. The van der Waals surface area contributed by atoms with Gasteiger partial charge in [-0.05, 0) is 43.3 Å². The number of likely N-dealkylation sites (N-methyl/N-ethyl adjacent to an activating group) is 1. The van der Waals surface area contributed by atoms with E-state index in [1.807, 2.05) is 24.3 Å². The fourth-order valence-electron chi connectivity index (χ4n) is 3.08. The minimum atomic E-state index is 0.215. The minimum absolute atomic E-state index is 0.215. The van der Waals surface area contributed by atoms with Crippen molar-refractivity contribution in [1.29, 1.82) is 0 Å². The fraction of sp³-hybridized carbons (Fsp3) is 0.368. The first-order chi connectivity index (χ1) is 10.8. The third-order valence-electron chi connectivity index (χ3n) is 4.33. The summed E-state index contributed by atoms with van der Waals surface area (Å²) in [6.07, 6.45) is 1.26. The standard InChI is InChI=1S/C19H23NO2/c1-20-13-12-19(18(14-20)15-6-4-3-5-7-15)22-17-10-8-16(21-2)9-11-17/h3-11,18-19H,12-14H2,1-2H3/t18-,19+/m1/s1. The smallest absolute Gasteiger partial charge is 0.120 e. The van der Waals surface area contributed by atoms with Crippen molar-refractivity contribution in [3.63, 3.8) is 0 Å². The molecule has 0 aromatic heterocycles. The van der Waals surface area contributed by atoms with Crippen LogP contribution < -0.4 is 9.47 Å². The average molecular weight is 297 g/mol. The number of hydrogen-bond acceptors (Lipinski definition) is 3. The molecule has 0 aliphatic carbocycles. The number of likely N-dealkylation sites (tertiary alicyclic amines) is 1. The van der Waals surface area contributed by atoms with E-state index >= 15 is 0 Å². The van der Waals surface area contributed by atoms with Gasteiger partial charge in [-0.15, -0.1) is 0 Å². The van der Waals surface area contributed by atoms with Crippen LogP contribution in [0.1, 0.15) is 17.9 Å². The number of ether oxygens (including phenoxy) is 2. The van der Waals surface area contributed by atoms with Gasteiger partial charge in [0, 0.05) is 19.0 Å². The molecule has 1 aliphatic heterocycles. The zero-order valence-electron chi connectivity index (χ0n) is 13.2. The topological polar surface area (TPSA) is 21.7 Å². The highest BCUT2D eigenvalue weighted by molar-refractivity contribution is 5.32. The van der Waals surface area contributed by atoms with Crippen LogP contribution in [-0.2, 0) is 0 Å². The van der Waals surface area contributed by atoms with Crippen LogP contribution in [0, 0.1) is 0 Å². The van der Waals surface area contributed by atoms with Crippen molar-refractivity contribution >= 4 is 0 Å². The van der Waals surface area contributed by atoms with Gasteiger partial charge in [-0.1, -0.05) is 30.3 Å². The largest absolute Gasteiger partial charge is 0.497 e. The average Bonchev–Trinajstić information content (AvgIpc) is 2.58. The molecule has 2 aromatic carbocycles. The second-order valence-corrected chi connectivity index (χ2v) is 5.90. The van der Waals surface area contributed by atoms with E-state index in [2.05, 4.69) is 42.3 Å². The van der Waals surface area contributed by atoms with E-state index in [4.69, 9.17) is 9.47 Å². The van der Waals surface area contributed by atoms with Gasteiger partial charge in [0.1, 0.15) is 17.6 Å². The molecule has 1 saturated heterocycles. The number of methoxy groups -OCH3 is 1. The van der Waals surface area contributed by atoms with Gasteiger partial charge in [0.05, 0.1) is 7.11 Å². The minimum Gasteiger partial charge on any atom is -0.497 e. The van der Waals surface area contributed by atoms with Crippen molar-refractivity contribution in [2.75, 3.05) is 27.2 Å². The Kier molecular flexibility index (Phi) is 4.64. The second kappa shape index (κ2) is 6.84. The lowest BCUT2D eigenvalue weighted by Crippen LogP contribution is -2.42. The fourth-order valence-corrected chi connectivity index (χ4v) is 3.08. The molecule has 0 spiro atoms. The third-order valence-corrected chi connectivity index (χ3v) is 4.33. The van der Waals surface area contributed by atoms with E-state index in [0.717, 1.165) is 31.0 Å². The van der Waals surface area contributed by atoms with Crippen molar-refractivity contribution in [2.24, 2.45) is 0 Å². The molecule has 0 N–H and O–H groups in total. The number of benzene rings is 2. The van der Waals surface area contributed by atoms with E-state index in [9.17, 15) is 0 Å². The number of piperidine rings is 1. The molecule has 2 aromatic rings. The van der Waals surface area contributed by atoms with E-state index in [1.54, 1.807) is 7.11 Å².